The summed E-state index contributed by atoms with van der Waals surface area (Å²) in [5, 5.41) is 11.4. The minimum atomic E-state index is -0.456. The van der Waals surface area contributed by atoms with Crippen molar-refractivity contribution in [2.75, 3.05) is 18.6 Å². The van der Waals surface area contributed by atoms with Gasteiger partial charge in [0.05, 0.1) is 13.2 Å². The number of aliphatic hydroxyl groups is 1. The van der Waals surface area contributed by atoms with E-state index in [0.717, 1.165) is 22.6 Å². The number of benzene rings is 1. The second kappa shape index (κ2) is 6.42. The molecule has 1 aromatic rings. The molecule has 2 nitrogen and oxygen atoms in total. The molecule has 0 saturated carbocycles. The number of thioether (sulfide) groups is 2. The molecule has 3 atom stereocenters. The zero-order valence-corrected chi connectivity index (χ0v) is 13.6. The number of rotatable bonds is 3. The first-order chi connectivity index (χ1) is 9.06. The van der Waals surface area contributed by atoms with Crippen LogP contribution in [0.5, 0.6) is 5.75 Å². The van der Waals surface area contributed by atoms with E-state index in [4.69, 9.17) is 4.74 Å². The highest BCUT2D eigenvalue weighted by Crippen LogP contribution is 2.42. The van der Waals surface area contributed by atoms with Crippen LogP contribution < -0.4 is 4.74 Å². The smallest absolute Gasteiger partial charge is 0.127 e. The highest BCUT2D eigenvalue weighted by atomic mass is 32.2. The van der Waals surface area contributed by atoms with Crippen LogP contribution in [0.25, 0.3) is 0 Å². The molecule has 0 bridgehead atoms. The van der Waals surface area contributed by atoms with Crippen molar-refractivity contribution in [1.29, 1.82) is 0 Å². The van der Waals surface area contributed by atoms with Crippen LogP contribution in [-0.4, -0.2) is 34.2 Å². The van der Waals surface area contributed by atoms with E-state index in [1.807, 2.05) is 29.6 Å². The standard InChI is InChI=1S/C15H22O2S2/c1-9-5-6-12(14(17-4)10(9)2)13(16)15-11(3)18-7-8-19-15/h5-6,11,13,15-16H,7-8H2,1-4H3. The average Bonchev–Trinajstić information content (AvgIpc) is 2.41. The van der Waals surface area contributed by atoms with Crippen LogP contribution in [-0.2, 0) is 0 Å². The van der Waals surface area contributed by atoms with Gasteiger partial charge in [0.2, 0.25) is 0 Å². The van der Waals surface area contributed by atoms with E-state index in [1.165, 1.54) is 11.3 Å². The third-order valence-electron chi connectivity index (χ3n) is 3.78. The van der Waals surface area contributed by atoms with Crippen LogP contribution in [0.15, 0.2) is 12.1 Å². The molecular formula is C15H22O2S2. The molecule has 1 fully saturated rings. The van der Waals surface area contributed by atoms with Gasteiger partial charge in [0.15, 0.2) is 0 Å². The molecule has 1 aliphatic heterocycles. The Morgan fingerprint density at radius 1 is 1.26 bits per heavy atom. The van der Waals surface area contributed by atoms with Crippen molar-refractivity contribution in [1.82, 2.24) is 0 Å². The molecule has 3 unspecified atom stereocenters. The fourth-order valence-electron chi connectivity index (χ4n) is 2.49. The first kappa shape index (κ1) is 15.1. The molecule has 0 spiro atoms. The number of ether oxygens (including phenoxy) is 1. The van der Waals surface area contributed by atoms with Gasteiger partial charge in [0.1, 0.15) is 5.75 Å². The summed E-state index contributed by atoms with van der Waals surface area (Å²) < 4.78 is 5.53. The van der Waals surface area contributed by atoms with Crippen molar-refractivity contribution in [3.63, 3.8) is 0 Å². The third-order valence-corrected chi connectivity index (χ3v) is 6.96. The SMILES string of the molecule is COc1c(C(O)C2SCCSC2C)ccc(C)c1C. The number of aliphatic hydroxyl groups excluding tert-OH is 1. The van der Waals surface area contributed by atoms with Crippen molar-refractivity contribution in [2.24, 2.45) is 0 Å². The van der Waals surface area contributed by atoms with E-state index in [2.05, 4.69) is 26.8 Å². The molecule has 1 aliphatic rings. The van der Waals surface area contributed by atoms with Crippen molar-refractivity contribution in [3.05, 3.63) is 28.8 Å². The third kappa shape index (κ3) is 3.06. The molecule has 1 saturated heterocycles. The van der Waals surface area contributed by atoms with Crippen LogP contribution in [0.4, 0.5) is 0 Å². The summed E-state index contributed by atoms with van der Waals surface area (Å²) >= 11 is 3.83. The lowest BCUT2D eigenvalue weighted by molar-refractivity contribution is 0.169. The lowest BCUT2D eigenvalue weighted by atomic mass is 9.98. The topological polar surface area (TPSA) is 29.5 Å². The lowest BCUT2D eigenvalue weighted by Crippen LogP contribution is -2.29. The maximum Gasteiger partial charge on any atom is 0.127 e. The van der Waals surface area contributed by atoms with Crippen LogP contribution >= 0.6 is 23.5 Å². The Morgan fingerprint density at radius 2 is 1.95 bits per heavy atom. The largest absolute Gasteiger partial charge is 0.496 e. The Bertz CT molecular complexity index is 448. The van der Waals surface area contributed by atoms with E-state index in [0.29, 0.717) is 5.25 Å². The molecule has 1 aromatic carbocycles. The molecule has 0 aromatic heterocycles. The molecular weight excluding hydrogens is 276 g/mol. The number of aryl methyl sites for hydroxylation is 1. The Hall–Kier alpha value is -0.320. The molecule has 0 aliphatic carbocycles. The summed E-state index contributed by atoms with van der Waals surface area (Å²) in [4.78, 5) is 0. The summed E-state index contributed by atoms with van der Waals surface area (Å²) in [6, 6.07) is 4.08. The van der Waals surface area contributed by atoms with E-state index < -0.39 is 6.10 Å². The summed E-state index contributed by atoms with van der Waals surface area (Å²) in [7, 11) is 1.68. The Labute approximate surface area is 124 Å². The predicted molar refractivity (Wildman–Crippen MR) is 85.6 cm³/mol. The van der Waals surface area contributed by atoms with Gasteiger partial charge < -0.3 is 9.84 Å². The molecule has 4 heteroatoms. The van der Waals surface area contributed by atoms with Crippen LogP contribution in [0.3, 0.4) is 0 Å². The van der Waals surface area contributed by atoms with E-state index >= 15 is 0 Å². The lowest BCUT2D eigenvalue weighted by Gasteiger charge is -2.32. The average molecular weight is 298 g/mol. The minimum absolute atomic E-state index is 0.245. The van der Waals surface area contributed by atoms with Gasteiger partial charge in [-0.1, -0.05) is 19.1 Å². The van der Waals surface area contributed by atoms with Gasteiger partial charge in [-0.3, -0.25) is 0 Å². The van der Waals surface area contributed by atoms with E-state index in [9.17, 15) is 5.11 Å². The van der Waals surface area contributed by atoms with Crippen molar-refractivity contribution in [3.8, 4) is 5.75 Å². The zero-order valence-electron chi connectivity index (χ0n) is 12.0. The van der Waals surface area contributed by atoms with Gasteiger partial charge in [-0.15, -0.1) is 0 Å². The van der Waals surface area contributed by atoms with Crippen molar-refractivity contribution in [2.45, 2.75) is 37.4 Å². The van der Waals surface area contributed by atoms with Gasteiger partial charge in [0.25, 0.3) is 0 Å². The first-order valence-corrected chi connectivity index (χ1v) is 8.71. The molecule has 1 heterocycles. The highest BCUT2D eigenvalue weighted by molar-refractivity contribution is 8.07. The van der Waals surface area contributed by atoms with Gasteiger partial charge >= 0.3 is 0 Å². The fourth-order valence-corrected chi connectivity index (χ4v) is 5.31. The summed E-state index contributed by atoms with van der Waals surface area (Å²) in [6.45, 7) is 6.33. The summed E-state index contributed by atoms with van der Waals surface area (Å²) in [5.74, 6) is 3.14. The number of hydrogen-bond donors (Lipinski definition) is 1. The summed E-state index contributed by atoms with van der Waals surface area (Å²) in [6.07, 6.45) is -0.456. The molecule has 0 radical (unpaired) electrons. The van der Waals surface area contributed by atoms with Crippen LogP contribution in [0.1, 0.15) is 29.7 Å². The monoisotopic (exact) mass is 298 g/mol. The minimum Gasteiger partial charge on any atom is -0.496 e. The molecule has 0 amide bonds. The fraction of sp³-hybridized carbons (Fsp3) is 0.600. The Kier molecular flexibility index (Phi) is 5.09. The van der Waals surface area contributed by atoms with Crippen molar-refractivity contribution >= 4 is 23.5 Å². The predicted octanol–water partition coefficient (Wildman–Crippen LogP) is 3.58. The van der Waals surface area contributed by atoms with Gasteiger partial charge in [-0.05, 0) is 25.0 Å². The van der Waals surface area contributed by atoms with E-state index in [1.54, 1.807) is 7.11 Å². The Morgan fingerprint density at radius 3 is 2.58 bits per heavy atom. The molecule has 106 valence electrons. The normalized spacial score (nSPS) is 25.1. The second-order valence-corrected chi connectivity index (χ2v) is 7.76. The second-order valence-electron chi connectivity index (χ2n) is 4.99. The first-order valence-electron chi connectivity index (χ1n) is 6.61. The highest BCUT2D eigenvalue weighted by Gasteiger charge is 2.32. The zero-order chi connectivity index (χ0) is 14.0. The maximum atomic E-state index is 10.7. The quantitative estimate of drug-likeness (QED) is 0.923. The Balaban J connectivity index is 2.32. The van der Waals surface area contributed by atoms with Gasteiger partial charge in [-0.2, -0.15) is 23.5 Å². The van der Waals surface area contributed by atoms with Crippen molar-refractivity contribution < 1.29 is 9.84 Å². The molecule has 2 rings (SSSR count). The maximum absolute atomic E-state index is 10.7. The van der Waals surface area contributed by atoms with Crippen LogP contribution in [0.2, 0.25) is 0 Å². The summed E-state index contributed by atoms with van der Waals surface area (Å²) in [5.41, 5.74) is 3.25. The number of hydrogen-bond acceptors (Lipinski definition) is 4. The van der Waals surface area contributed by atoms with Crippen LogP contribution in [0, 0.1) is 13.8 Å². The van der Waals surface area contributed by atoms with Gasteiger partial charge in [-0.25, -0.2) is 0 Å². The molecule has 19 heavy (non-hydrogen) atoms. The van der Waals surface area contributed by atoms with E-state index in [-0.39, 0.29) is 5.25 Å². The van der Waals surface area contributed by atoms with Gasteiger partial charge in [0, 0.05) is 27.6 Å². The molecule has 1 N–H and O–H groups in total. The number of methoxy groups -OCH3 is 1.